The van der Waals surface area contributed by atoms with E-state index in [0.29, 0.717) is 31.6 Å². The molecule has 11 nitrogen and oxygen atoms in total. The molecule has 4 aromatic rings. The molecule has 0 saturated heterocycles. The number of carbonyl (C=O) groups is 3. The molecular weight excluding hydrogens is 734 g/mol. The summed E-state index contributed by atoms with van der Waals surface area (Å²) in [6.07, 6.45) is -6.19. The molecule has 18 heteroatoms. The van der Waals surface area contributed by atoms with Gasteiger partial charge in [-0.05, 0) is 67.1 Å². The molecule has 53 heavy (non-hydrogen) atoms. The second kappa shape index (κ2) is 19.8. The SMILES string of the molecule is O=C(CCNCCc1ccccc1)N(CCNCCc1ccc(O)c2[nH]c(=O)sc12)C1Cc2ccccc2C1.O=C(O)C(F)(F)F.O=C(O)C(F)(F)F. The van der Waals surface area contributed by atoms with E-state index in [1.54, 1.807) is 6.07 Å². The molecule has 1 aliphatic rings. The quantitative estimate of drug-likeness (QED) is 0.0816. The molecule has 1 amide bonds. The molecular formula is C35H38F6N4O7S. The van der Waals surface area contributed by atoms with Crippen molar-refractivity contribution in [1.82, 2.24) is 20.5 Å². The Balaban J connectivity index is 0.000000458. The van der Waals surface area contributed by atoms with E-state index in [2.05, 4.69) is 69.0 Å². The number of amides is 1. The lowest BCUT2D eigenvalue weighted by Gasteiger charge is -2.29. The number of hydrogen-bond donors (Lipinski definition) is 6. The number of aromatic hydroxyl groups is 1. The zero-order valence-corrected chi connectivity index (χ0v) is 28.9. The monoisotopic (exact) mass is 772 g/mol. The molecule has 0 aliphatic heterocycles. The third-order valence-corrected chi connectivity index (χ3v) is 8.92. The highest BCUT2D eigenvalue weighted by Crippen LogP contribution is 2.28. The number of H-pyrrole nitrogens is 1. The van der Waals surface area contributed by atoms with Crippen LogP contribution in [0.3, 0.4) is 0 Å². The molecule has 0 fully saturated rings. The van der Waals surface area contributed by atoms with Gasteiger partial charge in [-0.2, -0.15) is 26.3 Å². The molecule has 0 spiro atoms. The number of nitrogens with one attached hydrogen (secondary N) is 3. The fourth-order valence-corrected chi connectivity index (χ4v) is 6.32. The number of benzene rings is 3. The number of thiazole rings is 1. The van der Waals surface area contributed by atoms with Crippen molar-refractivity contribution in [3.8, 4) is 5.75 Å². The summed E-state index contributed by atoms with van der Waals surface area (Å²) in [5, 5.41) is 31.2. The lowest BCUT2D eigenvalue weighted by Crippen LogP contribution is -2.45. The normalized spacial score (nSPS) is 12.6. The molecule has 0 unspecified atom stereocenters. The second-order valence-corrected chi connectivity index (χ2v) is 12.7. The highest BCUT2D eigenvalue weighted by Gasteiger charge is 2.39. The number of phenolic OH excluding ortho intramolecular Hbond substituents is 1. The number of aromatic amines is 1. The summed E-state index contributed by atoms with van der Waals surface area (Å²) in [6, 6.07) is 22.6. The maximum absolute atomic E-state index is 13.4. The van der Waals surface area contributed by atoms with Gasteiger partial charge in [-0.25, -0.2) is 9.59 Å². The number of phenols is 1. The minimum absolute atomic E-state index is 0.0985. The Morgan fingerprint density at radius 3 is 1.87 bits per heavy atom. The molecule has 1 heterocycles. The van der Waals surface area contributed by atoms with E-state index in [-0.39, 0.29) is 22.6 Å². The van der Waals surface area contributed by atoms with Gasteiger partial charge in [0.15, 0.2) is 0 Å². The van der Waals surface area contributed by atoms with Crippen molar-refractivity contribution >= 4 is 39.4 Å². The van der Waals surface area contributed by atoms with Gasteiger partial charge in [0.25, 0.3) is 0 Å². The lowest BCUT2D eigenvalue weighted by molar-refractivity contribution is -0.193. The molecule has 0 bridgehead atoms. The van der Waals surface area contributed by atoms with E-state index in [1.807, 2.05) is 12.1 Å². The number of nitrogens with zero attached hydrogens (tertiary/aromatic N) is 1. The number of alkyl halides is 6. The van der Waals surface area contributed by atoms with E-state index >= 15 is 0 Å². The first kappa shape index (κ1) is 42.5. The average Bonchev–Trinajstić information content (AvgIpc) is 3.71. The number of carbonyl (C=O) groups excluding carboxylic acids is 1. The summed E-state index contributed by atoms with van der Waals surface area (Å²) < 4.78 is 64.3. The number of hydrogen-bond acceptors (Lipinski definition) is 8. The van der Waals surface area contributed by atoms with Gasteiger partial charge in [0.05, 0.1) is 4.70 Å². The van der Waals surface area contributed by atoms with Gasteiger partial charge < -0.3 is 35.8 Å². The number of aliphatic carboxylic acids is 2. The van der Waals surface area contributed by atoms with Crippen LogP contribution in [0.25, 0.3) is 10.2 Å². The largest absolute Gasteiger partial charge is 0.506 e. The highest BCUT2D eigenvalue weighted by molar-refractivity contribution is 7.16. The summed E-state index contributed by atoms with van der Waals surface area (Å²) in [5.74, 6) is -5.22. The van der Waals surface area contributed by atoms with Gasteiger partial charge in [0.2, 0.25) is 5.91 Å². The molecule has 0 saturated carbocycles. The van der Waals surface area contributed by atoms with Crippen LogP contribution >= 0.6 is 11.3 Å². The number of carboxylic acids is 2. The van der Waals surface area contributed by atoms with Gasteiger partial charge in [-0.15, -0.1) is 0 Å². The smallest absolute Gasteiger partial charge is 0.490 e. The summed E-state index contributed by atoms with van der Waals surface area (Å²) in [7, 11) is 0. The number of rotatable bonds is 13. The minimum Gasteiger partial charge on any atom is -0.506 e. The zero-order chi connectivity index (χ0) is 39.2. The Morgan fingerprint density at radius 1 is 0.774 bits per heavy atom. The molecule has 288 valence electrons. The fraction of sp³-hybridized carbons (Fsp3) is 0.371. The minimum atomic E-state index is -5.08. The maximum atomic E-state index is 13.4. The van der Waals surface area contributed by atoms with Gasteiger partial charge >= 0.3 is 29.2 Å². The Hall–Kier alpha value is -4.94. The third kappa shape index (κ3) is 13.9. The van der Waals surface area contributed by atoms with Crippen LogP contribution < -0.4 is 15.5 Å². The average molecular weight is 773 g/mol. The standard InChI is InChI=1S/C31H36N4O3S.2C2HF3O2/c36-27-11-10-23(30-29(27)34-31(38)39-30)13-16-33-18-19-35(26-20-24-8-4-5-9-25(24)21-26)28(37)14-17-32-15-12-22-6-2-1-3-7-22;2*3-2(4,5)1(6)7/h1-11,26,32-33,36H,12-21H2,(H,34,38);2*(H,6,7). The topological polar surface area (TPSA) is 172 Å². The van der Waals surface area contributed by atoms with Gasteiger partial charge in [-0.1, -0.05) is 72.0 Å². The van der Waals surface area contributed by atoms with Crippen LogP contribution in [0.2, 0.25) is 0 Å². The summed E-state index contributed by atoms with van der Waals surface area (Å²) >= 11 is 1.13. The molecule has 0 radical (unpaired) electrons. The van der Waals surface area contributed by atoms with Gasteiger partial charge in [0.1, 0.15) is 11.3 Å². The molecule has 6 N–H and O–H groups in total. The molecule has 0 atom stereocenters. The third-order valence-electron chi connectivity index (χ3n) is 7.96. The fourth-order valence-electron chi connectivity index (χ4n) is 5.43. The predicted octanol–water partition coefficient (Wildman–Crippen LogP) is 4.91. The summed E-state index contributed by atoms with van der Waals surface area (Å²) in [4.78, 5) is 47.6. The first-order chi connectivity index (χ1) is 25.0. The molecule has 1 aromatic heterocycles. The van der Waals surface area contributed by atoms with E-state index in [4.69, 9.17) is 19.8 Å². The molecule has 5 rings (SSSR count). The maximum Gasteiger partial charge on any atom is 0.490 e. The van der Waals surface area contributed by atoms with E-state index in [9.17, 15) is 41.0 Å². The van der Waals surface area contributed by atoms with Crippen LogP contribution in [0.15, 0.2) is 71.5 Å². The van der Waals surface area contributed by atoms with Gasteiger partial charge in [0, 0.05) is 32.1 Å². The van der Waals surface area contributed by atoms with Crippen molar-refractivity contribution in [3.05, 3.63) is 98.7 Å². The number of fused-ring (bicyclic) bond motifs is 2. The van der Waals surface area contributed by atoms with Crippen LogP contribution in [-0.2, 0) is 40.1 Å². The van der Waals surface area contributed by atoms with Gasteiger partial charge in [-0.3, -0.25) is 9.59 Å². The molecule has 3 aromatic carbocycles. The lowest BCUT2D eigenvalue weighted by atomic mass is 10.1. The van der Waals surface area contributed by atoms with Crippen molar-refractivity contribution in [2.24, 2.45) is 0 Å². The number of carboxylic acid groups (broad SMARTS) is 2. The Labute approximate surface area is 303 Å². The van der Waals surface area contributed by atoms with Crippen molar-refractivity contribution in [1.29, 1.82) is 0 Å². The first-order valence-corrected chi connectivity index (χ1v) is 17.0. The van der Waals surface area contributed by atoms with Crippen molar-refractivity contribution in [3.63, 3.8) is 0 Å². The van der Waals surface area contributed by atoms with Crippen LogP contribution in [0.1, 0.15) is 28.7 Å². The number of halogens is 6. The summed E-state index contributed by atoms with van der Waals surface area (Å²) in [6.45, 7) is 3.61. The number of aromatic nitrogens is 1. The van der Waals surface area contributed by atoms with Crippen molar-refractivity contribution in [2.75, 3.05) is 32.7 Å². The van der Waals surface area contributed by atoms with Crippen LogP contribution in [0.5, 0.6) is 5.75 Å². The van der Waals surface area contributed by atoms with Crippen LogP contribution in [-0.4, -0.2) is 94.2 Å². The van der Waals surface area contributed by atoms with E-state index < -0.39 is 24.3 Å². The Kier molecular flexibility index (Phi) is 15.8. The highest BCUT2D eigenvalue weighted by atomic mass is 32.1. The predicted molar refractivity (Wildman–Crippen MR) is 185 cm³/mol. The zero-order valence-electron chi connectivity index (χ0n) is 28.1. The second-order valence-electron chi connectivity index (χ2n) is 11.7. The Bertz CT molecular complexity index is 1820. The molecule has 1 aliphatic carbocycles. The van der Waals surface area contributed by atoms with E-state index in [1.165, 1.54) is 16.7 Å². The van der Waals surface area contributed by atoms with Crippen molar-refractivity contribution < 1.29 is 56.0 Å². The van der Waals surface area contributed by atoms with Crippen LogP contribution in [0.4, 0.5) is 26.3 Å². The van der Waals surface area contributed by atoms with E-state index in [0.717, 1.165) is 60.4 Å². The first-order valence-electron chi connectivity index (χ1n) is 16.2. The van der Waals surface area contributed by atoms with Crippen LogP contribution in [0, 0.1) is 0 Å². The Morgan fingerprint density at radius 2 is 1.30 bits per heavy atom. The van der Waals surface area contributed by atoms with Crippen molar-refractivity contribution in [2.45, 2.75) is 50.5 Å². The summed E-state index contributed by atoms with van der Waals surface area (Å²) in [5.41, 5.74) is 5.52.